The molecule has 0 aliphatic carbocycles. The fourth-order valence-corrected chi connectivity index (χ4v) is 2.63. The third kappa shape index (κ3) is 2.94. The largest absolute Gasteiger partial charge is 0.379 e. The smallest absolute Gasteiger partial charge is 0.0594 e. The topological polar surface area (TPSA) is 50.5 Å². The van der Waals surface area contributed by atoms with E-state index in [-0.39, 0.29) is 5.54 Å². The second-order valence-electron chi connectivity index (χ2n) is 4.82. The van der Waals surface area contributed by atoms with E-state index >= 15 is 0 Å². The SMILES string of the molecule is CCCC(NN)C(C)(CC)N1CCOCC1. The Morgan fingerprint density at radius 1 is 1.38 bits per heavy atom. The zero-order chi connectivity index (χ0) is 12.0. The molecule has 1 rings (SSSR count). The molecular weight excluding hydrogens is 202 g/mol. The van der Waals surface area contributed by atoms with Gasteiger partial charge < -0.3 is 4.74 Å². The number of hydrogen-bond donors (Lipinski definition) is 2. The Kier molecular flexibility index (Phi) is 5.69. The fourth-order valence-electron chi connectivity index (χ4n) is 2.63. The van der Waals surface area contributed by atoms with Crippen LogP contribution in [-0.4, -0.2) is 42.8 Å². The van der Waals surface area contributed by atoms with Gasteiger partial charge in [-0.1, -0.05) is 20.3 Å². The summed E-state index contributed by atoms with van der Waals surface area (Å²) in [6, 6.07) is 0.362. The minimum absolute atomic E-state index is 0.147. The average molecular weight is 229 g/mol. The van der Waals surface area contributed by atoms with Crippen LogP contribution in [0.1, 0.15) is 40.0 Å². The van der Waals surface area contributed by atoms with Crippen LogP contribution in [0.5, 0.6) is 0 Å². The maximum absolute atomic E-state index is 5.72. The van der Waals surface area contributed by atoms with Crippen molar-refractivity contribution in [2.75, 3.05) is 26.3 Å². The van der Waals surface area contributed by atoms with E-state index in [1.54, 1.807) is 0 Å². The lowest BCUT2D eigenvalue weighted by molar-refractivity contribution is -0.0335. The van der Waals surface area contributed by atoms with Gasteiger partial charge in [-0.3, -0.25) is 16.2 Å². The summed E-state index contributed by atoms with van der Waals surface area (Å²) in [7, 11) is 0. The van der Waals surface area contributed by atoms with Crippen molar-refractivity contribution in [1.82, 2.24) is 10.3 Å². The summed E-state index contributed by atoms with van der Waals surface area (Å²) in [6.07, 6.45) is 3.40. The first kappa shape index (κ1) is 13.9. The van der Waals surface area contributed by atoms with Gasteiger partial charge in [0.05, 0.1) is 13.2 Å². The molecule has 0 bridgehead atoms. The molecule has 0 amide bonds. The van der Waals surface area contributed by atoms with Crippen LogP contribution in [0.3, 0.4) is 0 Å². The molecule has 0 saturated carbocycles. The van der Waals surface area contributed by atoms with Crippen LogP contribution in [-0.2, 0) is 4.74 Å². The van der Waals surface area contributed by atoms with Crippen molar-refractivity contribution >= 4 is 0 Å². The number of rotatable bonds is 6. The van der Waals surface area contributed by atoms with Crippen LogP contribution in [0, 0.1) is 0 Å². The Morgan fingerprint density at radius 2 is 2.00 bits per heavy atom. The molecule has 1 saturated heterocycles. The van der Waals surface area contributed by atoms with Gasteiger partial charge >= 0.3 is 0 Å². The van der Waals surface area contributed by atoms with Crippen molar-refractivity contribution in [3.05, 3.63) is 0 Å². The molecule has 0 spiro atoms. The number of ether oxygens (including phenoxy) is 1. The van der Waals surface area contributed by atoms with Crippen LogP contribution in [0.25, 0.3) is 0 Å². The monoisotopic (exact) mass is 229 g/mol. The van der Waals surface area contributed by atoms with E-state index in [1.165, 1.54) is 0 Å². The first-order valence-corrected chi connectivity index (χ1v) is 6.48. The molecule has 0 aromatic rings. The Balaban J connectivity index is 2.71. The highest BCUT2D eigenvalue weighted by Crippen LogP contribution is 2.26. The molecule has 4 heteroatoms. The van der Waals surface area contributed by atoms with E-state index in [1.807, 2.05) is 0 Å². The molecule has 4 nitrogen and oxygen atoms in total. The van der Waals surface area contributed by atoms with Crippen LogP contribution >= 0.6 is 0 Å². The highest BCUT2D eigenvalue weighted by Gasteiger charge is 2.37. The predicted octanol–water partition coefficient (Wildman–Crippen LogP) is 1.12. The number of hydrogen-bond acceptors (Lipinski definition) is 4. The standard InChI is InChI=1S/C12H27N3O/c1-4-6-11(14-13)12(3,5-2)15-7-9-16-10-8-15/h11,14H,4-10,13H2,1-3H3. The maximum atomic E-state index is 5.72. The van der Waals surface area contributed by atoms with Gasteiger partial charge in [0.25, 0.3) is 0 Å². The number of morpholine rings is 1. The van der Waals surface area contributed by atoms with E-state index in [2.05, 4.69) is 31.1 Å². The lowest BCUT2D eigenvalue weighted by Gasteiger charge is -2.47. The van der Waals surface area contributed by atoms with Gasteiger partial charge in [0.15, 0.2) is 0 Å². The summed E-state index contributed by atoms with van der Waals surface area (Å²) in [5.41, 5.74) is 3.16. The first-order valence-electron chi connectivity index (χ1n) is 6.48. The van der Waals surface area contributed by atoms with Crippen molar-refractivity contribution in [3.8, 4) is 0 Å². The van der Waals surface area contributed by atoms with Crippen molar-refractivity contribution in [1.29, 1.82) is 0 Å². The van der Waals surface area contributed by atoms with Crippen molar-refractivity contribution < 1.29 is 4.74 Å². The van der Waals surface area contributed by atoms with E-state index in [0.29, 0.717) is 6.04 Å². The Hall–Kier alpha value is -0.160. The van der Waals surface area contributed by atoms with Crippen LogP contribution < -0.4 is 11.3 Å². The molecule has 2 atom stereocenters. The minimum Gasteiger partial charge on any atom is -0.379 e. The third-order valence-corrected chi connectivity index (χ3v) is 3.98. The van der Waals surface area contributed by atoms with Crippen LogP contribution in [0.4, 0.5) is 0 Å². The van der Waals surface area contributed by atoms with E-state index in [0.717, 1.165) is 45.6 Å². The van der Waals surface area contributed by atoms with E-state index < -0.39 is 0 Å². The Bertz CT molecular complexity index is 188. The summed E-state index contributed by atoms with van der Waals surface area (Å²) in [6.45, 7) is 10.5. The predicted molar refractivity (Wildman–Crippen MR) is 67.1 cm³/mol. The van der Waals surface area contributed by atoms with Crippen LogP contribution in [0.2, 0.25) is 0 Å². The van der Waals surface area contributed by atoms with E-state index in [9.17, 15) is 0 Å². The summed E-state index contributed by atoms with van der Waals surface area (Å²) >= 11 is 0. The zero-order valence-corrected chi connectivity index (χ0v) is 11.0. The minimum atomic E-state index is 0.147. The van der Waals surface area contributed by atoms with Crippen molar-refractivity contribution in [2.45, 2.75) is 51.6 Å². The summed E-state index contributed by atoms with van der Waals surface area (Å²) < 4.78 is 5.42. The number of nitrogens with two attached hydrogens (primary N) is 1. The molecule has 1 heterocycles. The second-order valence-corrected chi connectivity index (χ2v) is 4.82. The molecule has 0 aromatic carbocycles. The molecule has 96 valence electrons. The zero-order valence-electron chi connectivity index (χ0n) is 11.0. The molecule has 1 aliphatic rings. The molecular formula is C12H27N3O. The van der Waals surface area contributed by atoms with Gasteiger partial charge in [0, 0.05) is 24.7 Å². The van der Waals surface area contributed by atoms with Gasteiger partial charge in [0.1, 0.15) is 0 Å². The maximum Gasteiger partial charge on any atom is 0.0594 e. The summed E-state index contributed by atoms with van der Waals surface area (Å²) in [5, 5.41) is 0. The molecule has 0 aromatic heterocycles. The van der Waals surface area contributed by atoms with Gasteiger partial charge in [-0.2, -0.15) is 0 Å². The van der Waals surface area contributed by atoms with Gasteiger partial charge in [-0.15, -0.1) is 0 Å². The first-order chi connectivity index (χ1) is 7.69. The molecule has 3 N–H and O–H groups in total. The fraction of sp³-hybridized carbons (Fsp3) is 1.00. The quantitative estimate of drug-likeness (QED) is 0.529. The number of hydrazine groups is 1. The highest BCUT2D eigenvalue weighted by atomic mass is 16.5. The molecule has 2 unspecified atom stereocenters. The lowest BCUT2D eigenvalue weighted by Crippen LogP contribution is -2.63. The van der Waals surface area contributed by atoms with Gasteiger partial charge in [0.2, 0.25) is 0 Å². The Morgan fingerprint density at radius 3 is 2.44 bits per heavy atom. The molecule has 0 radical (unpaired) electrons. The average Bonchev–Trinajstić information content (AvgIpc) is 2.36. The molecule has 1 fully saturated rings. The number of nitrogens with one attached hydrogen (secondary N) is 1. The molecule has 1 aliphatic heterocycles. The lowest BCUT2D eigenvalue weighted by atomic mass is 9.84. The molecule has 16 heavy (non-hydrogen) atoms. The number of nitrogens with zero attached hydrogens (tertiary/aromatic N) is 1. The van der Waals surface area contributed by atoms with E-state index in [4.69, 9.17) is 10.6 Å². The summed E-state index contributed by atoms with van der Waals surface area (Å²) in [5.74, 6) is 5.72. The normalized spacial score (nSPS) is 24.0. The second kappa shape index (κ2) is 6.55. The van der Waals surface area contributed by atoms with Gasteiger partial charge in [-0.25, -0.2) is 0 Å². The van der Waals surface area contributed by atoms with Crippen molar-refractivity contribution in [3.63, 3.8) is 0 Å². The third-order valence-electron chi connectivity index (χ3n) is 3.98. The Labute approximate surface area is 99.5 Å². The van der Waals surface area contributed by atoms with Crippen molar-refractivity contribution in [2.24, 2.45) is 5.84 Å². The highest BCUT2D eigenvalue weighted by molar-refractivity contribution is 4.95. The van der Waals surface area contributed by atoms with Crippen LogP contribution in [0.15, 0.2) is 0 Å². The van der Waals surface area contributed by atoms with Gasteiger partial charge in [-0.05, 0) is 19.8 Å². The summed E-state index contributed by atoms with van der Waals surface area (Å²) in [4.78, 5) is 2.52.